The third-order valence-electron chi connectivity index (χ3n) is 5.25. The minimum atomic E-state index is -2.45. The van der Waals surface area contributed by atoms with Crippen LogP contribution in [0.3, 0.4) is 0 Å². The smallest absolute Gasteiger partial charge is 0.407 e. The zero-order chi connectivity index (χ0) is 26.3. The highest BCUT2D eigenvalue weighted by atomic mass is 31.2. The molecule has 3 N–H and O–H groups in total. The molecule has 0 unspecified atom stereocenters. The molecule has 3 amide bonds. The van der Waals surface area contributed by atoms with E-state index in [0.29, 0.717) is 48.1 Å². The summed E-state index contributed by atoms with van der Waals surface area (Å²) in [4.78, 5) is 28.5. The van der Waals surface area contributed by atoms with E-state index in [0.717, 1.165) is 5.56 Å². The molecule has 0 spiro atoms. The van der Waals surface area contributed by atoms with E-state index in [1.165, 1.54) is 6.39 Å². The topological polar surface area (TPSA) is 141 Å². The molecule has 4 rings (SSSR count). The van der Waals surface area contributed by atoms with E-state index >= 15 is 0 Å². The van der Waals surface area contributed by atoms with Crippen molar-refractivity contribution in [3.8, 4) is 17.1 Å². The Hall–Kier alpha value is -3.82. The molecule has 12 heteroatoms. The van der Waals surface area contributed by atoms with Gasteiger partial charge < -0.3 is 39.1 Å². The number of aromatic nitrogens is 1. The lowest BCUT2D eigenvalue weighted by Gasteiger charge is -2.15. The quantitative estimate of drug-likeness (QED) is 0.331. The molecule has 0 bridgehead atoms. The molecule has 1 saturated heterocycles. The number of benzene rings is 2. The van der Waals surface area contributed by atoms with E-state index in [-0.39, 0.29) is 19.0 Å². The highest BCUT2D eigenvalue weighted by Gasteiger charge is 2.20. The van der Waals surface area contributed by atoms with Crippen molar-refractivity contribution < 1.29 is 32.8 Å². The van der Waals surface area contributed by atoms with E-state index in [1.54, 1.807) is 55.9 Å². The number of hydrogen-bond donors (Lipinski definition) is 3. The standard InChI is InChI=1S/C25H29N4O7P/c1-37(2,32)16-35-22-11-19(6-7-21(22)23-13-26-15-34-23)29-24(30)28-18-5-3-4-17(10-18)12-27-25(31)36-20-8-9-33-14-20/h3-7,10-11,13,15,20H,8-9,12,14,16H2,1-2H3,(H,27,31)(H2,28,29,30)/t20-/m0/s1. The molecule has 3 aromatic rings. The number of amides is 3. The van der Waals surface area contributed by atoms with Crippen molar-refractivity contribution >= 4 is 30.6 Å². The Morgan fingerprint density at radius 2 is 1.95 bits per heavy atom. The van der Waals surface area contributed by atoms with Crippen LogP contribution in [0.4, 0.5) is 21.0 Å². The minimum Gasteiger partial charge on any atom is -0.485 e. The second kappa shape index (κ2) is 11.9. The Balaban J connectivity index is 1.36. The van der Waals surface area contributed by atoms with Crippen molar-refractivity contribution in [2.75, 3.05) is 43.5 Å². The number of rotatable bonds is 9. The van der Waals surface area contributed by atoms with Crippen molar-refractivity contribution in [1.29, 1.82) is 0 Å². The number of oxazole rings is 1. The molecule has 2 aromatic carbocycles. The zero-order valence-corrected chi connectivity index (χ0v) is 21.5. The van der Waals surface area contributed by atoms with Crippen LogP contribution >= 0.6 is 7.14 Å². The number of carbonyl (C=O) groups excluding carboxylic acids is 2. The predicted octanol–water partition coefficient (Wildman–Crippen LogP) is 4.96. The van der Waals surface area contributed by atoms with E-state index in [9.17, 15) is 14.2 Å². The lowest BCUT2D eigenvalue weighted by atomic mass is 10.1. The molecule has 2 heterocycles. The Morgan fingerprint density at radius 3 is 2.65 bits per heavy atom. The maximum Gasteiger partial charge on any atom is 0.407 e. The molecule has 0 saturated carbocycles. The van der Waals surface area contributed by atoms with Crippen LogP contribution in [0, 0.1) is 0 Å². The van der Waals surface area contributed by atoms with Gasteiger partial charge in [-0.15, -0.1) is 0 Å². The van der Waals surface area contributed by atoms with Gasteiger partial charge in [0.1, 0.15) is 25.3 Å². The number of hydrogen-bond acceptors (Lipinski definition) is 8. The average Bonchev–Trinajstić information content (AvgIpc) is 3.56. The van der Waals surface area contributed by atoms with Crippen LogP contribution < -0.4 is 20.7 Å². The van der Waals surface area contributed by atoms with Gasteiger partial charge in [-0.3, -0.25) is 0 Å². The molecule has 1 aromatic heterocycles. The molecule has 11 nitrogen and oxygen atoms in total. The van der Waals surface area contributed by atoms with Crippen molar-refractivity contribution in [3.63, 3.8) is 0 Å². The van der Waals surface area contributed by atoms with Gasteiger partial charge in [-0.05, 0) is 43.2 Å². The number of carbonyl (C=O) groups is 2. The number of nitrogens with zero attached hydrogens (tertiary/aromatic N) is 1. The predicted molar refractivity (Wildman–Crippen MR) is 139 cm³/mol. The number of ether oxygens (including phenoxy) is 3. The lowest BCUT2D eigenvalue weighted by molar-refractivity contribution is 0.0828. The molecule has 0 aliphatic carbocycles. The summed E-state index contributed by atoms with van der Waals surface area (Å²) < 4.78 is 33.8. The fourth-order valence-corrected chi connectivity index (χ4v) is 3.97. The van der Waals surface area contributed by atoms with Crippen LogP contribution in [0.25, 0.3) is 11.3 Å². The molecular weight excluding hydrogens is 499 g/mol. The van der Waals surface area contributed by atoms with Gasteiger partial charge in [0.2, 0.25) is 0 Å². The Morgan fingerprint density at radius 1 is 1.14 bits per heavy atom. The number of alkyl carbamates (subject to hydrolysis) is 1. The first-order valence-electron chi connectivity index (χ1n) is 11.6. The van der Waals surface area contributed by atoms with Gasteiger partial charge >= 0.3 is 12.1 Å². The zero-order valence-electron chi connectivity index (χ0n) is 20.6. The third-order valence-corrected chi connectivity index (χ3v) is 6.00. The van der Waals surface area contributed by atoms with Crippen LogP contribution in [-0.4, -0.2) is 56.1 Å². The second-order valence-corrected chi connectivity index (χ2v) is 12.4. The highest BCUT2D eigenvalue weighted by Crippen LogP contribution is 2.39. The first kappa shape index (κ1) is 26.2. The fourth-order valence-electron chi connectivity index (χ4n) is 3.52. The van der Waals surface area contributed by atoms with E-state index in [1.807, 2.05) is 6.07 Å². The second-order valence-electron chi connectivity index (χ2n) is 8.95. The summed E-state index contributed by atoms with van der Waals surface area (Å²) in [7, 11) is -2.45. The molecule has 1 fully saturated rings. The monoisotopic (exact) mass is 528 g/mol. The third kappa shape index (κ3) is 8.09. The van der Waals surface area contributed by atoms with Crippen LogP contribution in [0.15, 0.2) is 59.5 Å². The Kier molecular flexibility index (Phi) is 8.47. The molecule has 1 aliphatic heterocycles. The van der Waals surface area contributed by atoms with Gasteiger partial charge in [-0.2, -0.15) is 0 Å². The van der Waals surface area contributed by atoms with Crippen molar-refractivity contribution in [3.05, 3.63) is 60.6 Å². The molecule has 1 atom stereocenters. The molecule has 0 radical (unpaired) electrons. The first-order chi connectivity index (χ1) is 17.7. The molecule has 37 heavy (non-hydrogen) atoms. The summed E-state index contributed by atoms with van der Waals surface area (Å²) in [5, 5.41) is 8.23. The summed E-state index contributed by atoms with van der Waals surface area (Å²) in [6.45, 7) is 4.51. The Labute approximate surface area is 214 Å². The van der Waals surface area contributed by atoms with Crippen molar-refractivity contribution in [2.24, 2.45) is 0 Å². The first-order valence-corrected chi connectivity index (χ1v) is 14.4. The van der Waals surface area contributed by atoms with Crippen molar-refractivity contribution in [2.45, 2.75) is 19.1 Å². The molecule has 1 aliphatic rings. The average molecular weight is 529 g/mol. The van der Waals surface area contributed by atoms with Gasteiger partial charge in [-0.25, -0.2) is 14.6 Å². The van der Waals surface area contributed by atoms with E-state index in [4.69, 9.17) is 18.6 Å². The summed E-state index contributed by atoms with van der Waals surface area (Å²) in [6, 6.07) is 11.7. The van der Waals surface area contributed by atoms with Gasteiger partial charge in [0.25, 0.3) is 0 Å². The summed E-state index contributed by atoms with van der Waals surface area (Å²) in [6.07, 6.45) is 2.84. The van der Waals surface area contributed by atoms with Gasteiger partial charge in [0, 0.05) is 30.4 Å². The number of urea groups is 1. The van der Waals surface area contributed by atoms with Crippen LogP contribution in [0.1, 0.15) is 12.0 Å². The molecule has 196 valence electrons. The minimum absolute atomic E-state index is 0.0343. The lowest BCUT2D eigenvalue weighted by Crippen LogP contribution is -2.28. The number of anilines is 2. The molecular formula is C25H29N4O7P. The number of nitrogens with one attached hydrogen (secondary N) is 3. The van der Waals surface area contributed by atoms with E-state index in [2.05, 4.69) is 20.9 Å². The fraction of sp³-hybridized carbons (Fsp3) is 0.320. The maximum atomic E-state index is 12.7. The maximum absolute atomic E-state index is 12.7. The van der Waals surface area contributed by atoms with Crippen LogP contribution in [0.5, 0.6) is 5.75 Å². The van der Waals surface area contributed by atoms with Crippen molar-refractivity contribution in [1.82, 2.24) is 10.3 Å². The highest BCUT2D eigenvalue weighted by molar-refractivity contribution is 7.62. The van der Waals surface area contributed by atoms with Crippen LogP contribution in [-0.2, 0) is 20.6 Å². The van der Waals surface area contributed by atoms with Gasteiger partial charge in [0.05, 0.1) is 25.0 Å². The normalized spacial score (nSPS) is 15.1. The van der Waals surface area contributed by atoms with Gasteiger partial charge in [-0.1, -0.05) is 12.1 Å². The Bertz CT molecular complexity index is 1270. The largest absolute Gasteiger partial charge is 0.485 e. The van der Waals surface area contributed by atoms with Gasteiger partial charge in [0.15, 0.2) is 12.2 Å². The van der Waals surface area contributed by atoms with Crippen LogP contribution in [0.2, 0.25) is 0 Å². The summed E-state index contributed by atoms with van der Waals surface area (Å²) >= 11 is 0. The van der Waals surface area contributed by atoms with E-state index < -0.39 is 19.3 Å². The summed E-state index contributed by atoms with van der Waals surface area (Å²) in [5.74, 6) is 0.890. The SMILES string of the molecule is CP(C)(=O)COc1cc(NC(=O)Nc2cccc(CNC(=O)O[C@H]3CCOC3)c2)ccc1-c1cnco1. The summed E-state index contributed by atoms with van der Waals surface area (Å²) in [5.41, 5.74) is 2.42.